The summed E-state index contributed by atoms with van der Waals surface area (Å²) in [6.45, 7) is 8.66. The van der Waals surface area contributed by atoms with Crippen molar-refractivity contribution in [3.8, 4) is 0 Å². The maximum absolute atomic E-state index is 14.0. The molecule has 20 heteroatoms. The van der Waals surface area contributed by atoms with Crippen molar-refractivity contribution in [2.75, 3.05) is 25.9 Å². The number of ether oxygens (including phenoxy) is 2. The molecule has 0 radical (unpaired) electrons. The molecule has 6 rings (SSSR count). The minimum atomic E-state index is -4.20. The minimum absolute atomic E-state index is 0.0882. The van der Waals surface area contributed by atoms with Gasteiger partial charge in [-0.15, -0.1) is 22.7 Å². The van der Waals surface area contributed by atoms with E-state index in [0.29, 0.717) is 20.9 Å². The lowest BCUT2D eigenvalue weighted by atomic mass is 9.98. The first-order chi connectivity index (χ1) is 32.9. The van der Waals surface area contributed by atoms with Crippen molar-refractivity contribution in [3.05, 3.63) is 142 Å². The molecule has 0 spiro atoms. The van der Waals surface area contributed by atoms with Gasteiger partial charge in [-0.2, -0.15) is 0 Å². The van der Waals surface area contributed by atoms with Crippen molar-refractivity contribution < 1.29 is 65.4 Å². The third kappa shape index (κ3) is 18.2. The molecule has 0 saturated heterocycles. The molecule has 0 aliphatic rings. The summed E-state index contributed by atoms with van der Waals surface area (Å²) in [4.78, 5) is 69.7. The Kier molecular flexibility index (Phi) is 19.7. The van der Waals surface area contributed by atoms with Crippen LogP contribution < -0.4 is 10.6 Å². The van der Waals surface area contributed by atoms with E-state index in [1.54, 1.807) is 77.9 Å². The number of carbonyl (C=O) groups is 4. The number of benzene rings is 4. The Morgan fingerprint density at radius 2 is 0.986 bits per heavy atom. The lowest BCUT2D eigenvalue weighted by molar-refractivity contribution is -0.162. The lowest BCUT2D eigenvalue weighted by Crippen LogP contribution is -2.37. The molecule has 2 atom stereocenters. The van der Waals surface area contributed by atoms with E-state index in [0.717, 1.165) is 20.2 Å². The van der Waals surface area contributed by atoms with Crippen molar-refractivity contribution in [1.82, 2.24) is 10.6 Å². The molecule has 0 aliphatic heterocycles. The summed E-state index contributed by atoms with van der Waals surface area (Å²) >= 11 is 2.69. The fraction of sp³-hybridized carbons (Fsp3) is 0.360. The molecule has 0 saturated carbocycles. The van der Waals surface area contributed by atoms with E-state index in [4.69, 9.17) is 28.3 Å². The predicted molar refractivity (Wildman–Crippen MR) is 268 cm³/mol. The van der Waals surface area contributed by atoms with Crippen molar-refractivity contribution in [3.63, 3.8) is 0 Å². The minimum Gasteiger partial charge on any atom is -0.438 e. The van der Waals surface area contributed by atoms with Gasteiger partial charge in [0.15, 0.2) is 0 Å². The van der Waals surface area contributed by atoms with E-state index in [1.807, 2.05) is 48.5 Å². The highest BCUT2D eigenvalue weighted by Gasteiger charge is 2.32. The SMILES string of the molecule is CC(C)(C)C(=O)OCOP(=O)(CC[C@@H](Cc1cccc(F)c1)NC(=O)c1cc2ccccc2s1)OCOC(=O)C(C)(C)C.O=C(N[C@@H](CCP(=O)(O)O)Cc1cccc(F)c1)c1cc2ccccc2s1. The van der Waals surface area contributed by atoms with Crippen molar-refractivity contribution >= 4 is 81.8 Å². The van der Waals surface area contributed by atoms with Gasteiger partial charge in [-0.05, 0) is 138 Å². The second-order valence-electron chi connectivity index (χ2n) is 18.5. The van der Waals surface area contributed by atoms with Gasteiger partial charge in [0.25, 0.3) is 11.8 Å². The fourth-order valence-electron chi connectivity index (χ4n) is 6.61. The van der Waals surface area contributed by atoms with Crippen LogP contribution in [-0.2, 0) is 50.1 Å². The highest BCUT2D eigenvalue weighted by atomic mass is 32.1. The molecule has 0 unspecified atom stereocenters. The predicted octanol–water partition coefficient (Wildman–Crippen LogP) is 11.0. The largest absolute Gasteiger partial charge is 0.438 e. The summed E-state index contributed by atoms with van der Waals surface area (Å²) < 4.78 is 75.5. The molecular formula is C50H58F2N2O12P2S2. The van der Waals surface area contributed by atoms with Crippen molar-refractivity contribution in [2.45, 2.75) is 79.3 Å². The monoisotopic (exact) mass is 1040 g/mol. The van der Waals surface area contributed by atoms with Crippen LogP contribution in [0.25, 0.3) is 20.2 Å². The van der Waals surface area contributed by atoms with E-state index >= 15 is 0 Å². The average molecular weight is 1040 g/mol. The quantitative estimate of drug-likeness (QED) is 0.0320. The molecule has 14 nitrogen and oxygen atoms in total. The van der Waals surface area contributed by atoms with Crippen molar-refractivity contribution in [2.24, 2.45) is 10.8 Å². The third-order valence-corrected chi connectivity index (χ3v) is 15.2. The Hall–Kier alpha value is -5.16. The number of amides is 2. The number of nitrogens with one attached hydrogen (secondary N) is 2. The van der Waals surface area contributed by atoms with Crippen LogP contribution in [0.4, 0.5) is 8.78 Å². The van der Waals surface area contributed by atoms with Crippen LogP contribution in [0.3, 0.4) is 0 Å². The summed E-state index contributed by atoms with van der Waals surface area (Å²) in [7, 11) is -8.22. The topological polar surface area (TPSA) is 204 Å². The van der Waals surface area contributed by atoms with E-state index in [2.05, 4.69) is 10.6 Å². The number of thiophene rings is 2. The molecule has 2 amide bonds. The van der Waals surface area contributed by atoms with Crippen LogP contribution in [0.15, 0.2) is 109 Å². The van der Waals surface area contributed by atoms with Crippen LogP contribution in [0.5, 0.6) is 0 Å². The Bertz CT molecular complexity index is 2750. The number of hydrogen-bond donors (Lipinski definition) is 4. The summed E-state index contributed by atoms with van der Waals surface area (Å²) in [5, 5.41) is 7.70. The molecular weight excluding hydrogens is 985 g/mol. The standard InChI is InChI=1S/C31H39FNO8PS.C19H19FNO4PS/c1-30(2,3)28(35)38-19-40-42(37,41-20-39-29(36)31(4,5)6)15-14-24(17-21-10-9-12-23(32)16-21)33-27(34)26-18-22-11-7-8-13-25(22)43-26;20-15-6-3-4-13(10-15)11-16(8-9-26(23,24)25)21-19(22)18-12-14-5-1-2-7-17(14)27-18/h7-13,16,18,24H,14-15,17,19-20H2,1-6H3,(H,33,34);1-7,10,12,16H,8-9,11H2,(H,21,22)(H2,23,24,25)/t24-;16-/m00/s1. The number of fused-ring (bicyclic) bond motifs is 2. The summed E-state index contributed by atoms with van der Waals surface area (Å²) in [5.41, 5.74) is -0.355. The molecule has 2 heterocycles. The van der Waals surface area contributed by atoms with Crippen molar-refractivity contribution in [1.29, 1.82) is 0 Å². The van der Waals surface area contributed by atoms with Gasteiger partial charge in [0, 0.05) is 21.5 Å². The maximum Gasteiger partial charge on any atom is 0.336 e. The first kappa shape index (κ1) is 55.8. The highest BCUT2D eigenvalue weighted by molar-refractivity contribution is 7.53. The zero-order valence-corrected chi connectivity index (χ0v) is 43.1. The van der Waals surface area contributed by atoms with Crippen LogP contribution in [0.2, 0.25) is 0 Å². The van der Waals surface area contributed by atoms with Crippen LogP contribution in [0.1, 0.15) is 84.9 Å². The van der Waals surface area contributed by atoms with Gasteiger partial charge in [-0.25, -0.2) is 8.78 Å². The van der Waals surface area contributed by atoms with E-state index in [-0.39, 0.29) is 49.8 Å². The molecule has 0 fully saturated rings. The number of esters is 2. The van der Waals surface area contributed by atoms with Crippen LogP contribution >= 0.6 is 37.9 Å². The second kappa shape index (κ2) is 24.8. The Balaban J connectivity index is 0.000000289. The Labute approximate surface area is 413 Å². The maximum atomic E-state index is 14.0. The molecule has 4 aromatic carbocycles. The summed E-state index contributed by atoms with van der Waals surface area (Å²) in [6, 6.07) is 29.7. The number of halogens is 2. The summed E-state index contributed by atoms with van der Waals surface area (Å²) in [5.74, 6) is -2.60. The van der Waals surface area contributed by atoms with Gasteiger partial charge < -0.3 is 29.9 Å². The van der Waals surface area contributed by atoms with Gasteiger partial charge >= 0.3 is 27.1 Å². The zero-order chi connectivity index (χ0) is 51.3. The smallest absolute Gasteiger partial charge is 0.336 e. The lowest BCUT2D eigenvalue weighted by Gasteiger charge is -2.24. The average Bonchev–Trinajstić information content (AvgIpc) is 3.92. The molecule has 6 aromatic rings. The number of carbonyl (C=O) groups excluding carboxylic acids is 4. The van der Waals surface area contributed by atoms with E-state index in [9.17, 15) is 37.1 Å². The Morgan fingerprint density at radius 3 is 1.36 bits per heavy atom. The molecule has 70 heavy (non-hydrogen) atoms. The zero-order valence-electron chi connectivity index (χ0n) is 39.6. The molecule has 4 N–H and O–H groups in total. The van der Waals surface area contributed by atoms with Gasteiger partial charge in [-0.3, -0.25) is 37.4 Å². The van der Waals surface area contributed by atoms with Gasteiger partial charge in [-0.1, -0.05) is 60.7 Å². The highest BCUT2D eigenvalue weighted by Crippen LogP contribution is 2.49. The third-order valence-electron chi connectivity index (χ3n) is 10.3. The molecule has 0 bridgehead atoms. The van der Waals surface area contributed by atoms with E-state index < -0.39 is 75.3 Å². The molecule has 376 valence electrons. The summed E-state index contributed by atoms with van der Waals surface area (Å²) in [6.07, 6.45) is 0.128. The van der Waals surface area contributed by atoms with Gasteiger partial charge in [0.1, 0.15) is 11.6 Å². The second-order valence-corrected chi connectivity index (χ2v) is 24.6. The van der Waals surface area contributed by atoms with Crippen LogP contribution in [-0.4, -0.2) is 71.5 Å². The first-order valence-corrected chi connectivity index (χ1v) is 27.4. The van der Waals surface area contributed by atoms with Gasteiger partial charge in [0.05, 0.1) is 32.9 Å². The number of hydrogen-bond acceptors (Lipinski definition) is 12. The van der Waals surface area contributed by atoms with Crippen LogP contribution in [0, 0.1) is 22.5 Å². The molecule has 0 aliphatic carbocycles. The first-order valence-electron chi connectivity index (χ1n) is 22.2. The fourth-order valence-corrected chi connectivity index (χ4v) is 10.6. The Morgan fingerprint density at radius 1 is 0.586 bits per heavy atom. The molecule has 2 aromatic heterocycles. The van der Waals surface area contributed by atoms with Gasteiger partial charge in [0.2, 0.25) is 13.6 Å². The van der Waals surface area contributed by atoms with E-state index in [1.165, 1.54) is 46.9 Å². The normalized spacial score (nSPS) is 12.9. The number of rotatable bonds is 20.